The summed E-state index contributed by atoms with van der Waals surface area (Å²) in [6.07, 6.45) is -0.613. The average molecular weight is 369 g/mol. The minimum Gasteiger partial charge on any atom is -0.481 e. The average Bonchev–Trinajstić information content (AvgIpc) is 2.44. The lowest BCUT2D eigenvalue weighted by Gasteiger charge is -2.16. The van der Waals surface area contributed by atoms with Gasteiger partial charge in [-0.05, 0) is 49.7 Å². The smallest absolute Gasteiger partial charge is 0.265 e. The monoisotopic (exact) mass is 367 g/mol. The molecular formula is C16H15BrClNO2. The van der Waals surface area contributed by atoms with Gasteiger partial charge in [-0.15, -0.1) is 0 Å². The number of ether oxygens (including phenoxy) is 1. The van der Waals surface area contributed by atoms with Gasteiger partial charge < -0.3 is 10.1 Å². The van der Waals surface area contributed by atoms with Crippen molar-refractivity contribution in [2.45, 2.75) is 20.0 Å². The van der Waals surface area contributed by atoms with Gasteiger partial charge in [0, 0.05) is 15.2 Å². The van der Waals surface area contributed by atoms with Gasteiger partial charge in [0.1, 0.15) is 5.75 Å². The van der Waals surface area contributed by atoms with E-state index in [2.05, 4.69) is 21.2 Å². The highest BCUT2D eigenvalue weighted by atomic mass is 79.9. The van der Waals surface area contributed by atoms with Crippen LogP contribution in [0.25, 0.3) is 0 Å². The van der Waals surface area contributed by atoms with Gasteiger partial charge in [-0.2, -0.15) is 0 Å². The van der Waals surface area contributed by atoms with Crippen molar-refractivity contribution in [1.29, 1.82) is 0 Å². The van der Waals surface area contributed by atoms with Crippen LogP contribution in [0, 0.1) is 6.92 Å². The number of amides is 1. The summed E-state index contributed by atoms with van der Waals surface area (Å²) in [5.74, 6) is 0.412. The summed E-state index contributed by atoms with van der Waals surface area (Å²) in [4.78, 5) is 12.2. The fraction of sp³-hybridized carbons (Fsp3) is 0.188. The second kappa shape index (κ2) is 6.96. The fourth-order valence-electron chi connectivity index (χ4n) is 1.78. The molecule has 110 valence electrons. The molecule has 0 saturated heterocycles. The van der Waals surface area contributed by atoms with Crippen molar-refractivity contribution in [3.8, 4) is 5.75 Å². The molecule has 0 aliphatic heterocycles. The van der Waals surface area contributed by atoms with E-state index in [0.29, 0.717) is 16.5 Å². The maximum absolute atomic E-state index is 12.2. The van der Waals surface area contributed by atoms with E-state index in [4.69, 9.17) is 16.3 Å². The van der Waals surface area contributed by atoms with E-state index in [0.717, 1.165) is 10.0 Å². The number of anilines is 1. The van der Waals surface area contributed by atoms with Crippen LogP contribution in [0.5, 0.6) is 5.75 Å². The molecule has 3 nitrogen and oxygen atoms in total. The normalized spacial score (nSPS) is 11.8. The molecule has 0 spiro atoms. The molecule has 2 rings (SSSR count). The minimum absolute atomic E-state index is 0.222. The number of rotatable bonds is 4. The van der Waals surface area contributed by atoms with Crippen molar-refractivity contribution < 1.29 is 9.53 Å². The zero-order chi connectivity index (χ0) is 15.4. The second-order valence-electron chi connectivity index (χ2n) is 4.62. The number of carbonyl (C=O) groups is 1. The Morgan fingerprint density at radius 1 is 1.29 bits per heavy atom. The first kappa shape index (κ1) is 15.9. The van der Waals surface area contributed by atoms with Gasteiger partial charge in [0.05, 0.1) is 0 Å². The highest BCUT2D eigenvalue weighted by Gasteiger charge is 2.16. The SMILES string of the molecule is Cc1c(Cl)cccc1NC(=O)[C@H](C)Oc1cccc(Br)c1. The first-order valence-corrected chi connectivity index (χ1v) is 7.62. The number of carbonyl (C=O) groups excluding carboxylic acids is 1. The molecule has 21 heavy (non-hydrogen) atoms. The molecule has 2 aromatic rings. The fourth-order valence-corrected chi connectivity index (χ4v) is 2.33. The number of nitrogens with one attached hydrogen (secondary N) is 1. The Balaban J connectivity index is 2.04. The Morgan fingerprint density at radius 2 is 2.00 bits per heavy atom. The van der Waals surface area contributed by atoms with Crippen molar-refractivity contribution in [3.05, 3.63) is 57.5 Å². The van der Waals surface area contributed by atoms with Crippen LogP contribution in [-0.2, 0) is 4.79 Å². The summed E-state index contributed by atoms with van der Waals surface area (Å²) >= 11 is 9.40. The number of hydrogen-bond donors (Lipinski definition) is 1. The summed E-state index contributed by atoms with van der Waals surface area (Å²) in [7, 11) is 0. The standard InChI is InChI=1S/C16H15BrClNO2/c1-10-14(18)7-4-8-15(10)19-16(20)11(2)21-13-6-3-5-12(17)9-13/h3-9,11H,1-2H3,(H,19,20)/t11-/m0/s1. The summed E-state index contributed by atoms with van der Waals surface area (Å²) in [5, 5.41) is 3.44. The molecule has 0 aromatic heterocycles. The highest BCUT2D eigenvalue weighted by Crippen LogP contribution is 2.23. The van der Waals surface area contributed by atoms with Crippen LogP contribution in [0.4, 0.5) is 5.69 Å². The van der Waals surface area contributed by atoms with Gasteiger partial charge in [-0.1, -0.05) is 39.7 Å². The van der Waals surface area contributed by atoms with Gasteiger partial charge in [0.2, 0.25) is 0 Å². The van der Waals surface area contributed by atoms with Crippen molar-refractivity contribution in [2.24, 2.45) is 0 Å². The molecule has 1 amide bonds. The number of benzene rings is 2. The number of halogens is 2. The predicted octanol–water partition coefficient (Wildman–Crippen LogP) is 4.82. The van der Waals surface area contributed by atoms with Crippen LogP contribution < -0.4 is 10.1 Å². The molecule has 1 N–H and O–H groups in total. The summed E-state index contributed by atoms with van der Waals surface area (Å²) < 4.78 is 6.53. The molecule has 2 aromatic carbocycles. The Bertz CT molecular complexity index is 660. The first-order chi connectivity index (χ1) is 9.97. The third-order valence-electron chi connectivity index (χ3n) is 3.00. The molecule has 0 unspecified atom stereocenters. The van der Waals surface area contributed by atoms with Gasteiger partial charge in [0.15, 0.2) is 6.10 Å². The van der Waals surface area contributed by atoms with Crippen LogP contribution in [0.1, 0.15) is 12.5 Å². The Labute approximate surface area is 137 Å². The molecule has 0 aliphatic carbocycles. The van der Waals surface area contributed by atoms with Gasteiger partial charge >= 0.3 is 0 Å². The Kier molecular flexibility index (Phi) is 5.26. The molecule has 0 saturated carbocycles. The third-order valence-corrected chi connectivity index (χ3v) is 3.91. The van der Waals surface area contributed by atoms with Crippen LogP contribution in [0.15, 0.2) is 46.9 Å². The van der Waals surface area contributed by atoms with E-state index in [1.807, 2.05) is 31.2 Å². The molecule has 0 heterocycles. The maximum atomic E-state index is 12.2. The molecule has 0 radical (unpaired) electrons. The van der Waals surface area contributed by atoms with Crippen molar-refractivity contribution >= 4 is 39.1 Å². The highest BCUT2D eigenvalue weighted by molar-refractivity contribution is 9.10. The second-order valence-corrected chi connectivity index (χ2v) is 5.94. The van der Waals surface area contributed by atoms with E-state index in [1.165, 1.54) is 0 Å². The van der Waals surface area contributed by atoms with Crippen LogP contribution >= 0.6 is 27.5 Å². The molecule has 5 heteroatoms. The van der Waals surface area contributed by atoms with E-state index in [1.54, 1.807) is 25.1 Å². The lowest BCUT2D eigenvalue weighted by Crippen LogP contribution is -2.30. The van der Waals surface area contributed by atoms with Gasteiger partial charge in [-0.25, -0.2) is 0 Å². The topological polar surface area (TPSA) is 38.3 Å². The molecule has 0 aliphatic rings. The van der Waals surface area contributed by atoms with Crippen molar-refractivity contribution in [3.63, 3.8) is 0 Å². The zero-order valence-electron chi connectivity index (χ0n) is 11.7. The Morgan fingerprint density at radius 3 is 2.71 bits per heavy atom. The molecule has 1 atom stereocenters. The minimum atomic E-state index is -0.613. The maximum Gasteiger partial charge on any atom is 0.265 e. The molecule has 0 bridgehead atoms. The van der Waals surface area contributed by atoms with E-state index in [-0.39, 0.29) is 5.91 Å². The quantitative estimate of drug-likeness (QED) is 0.840. The van der Waals surface area contributed by atoms with Gasteiger partial charge in [-0.3, -0.25) is 4.79 Å². The predicted molar refractivity (Wildman–Crippen MR) is 89.1 cm³/mol. The lowest BCUT2D eigenvalue weighted by atomic mass is 10.2. The van der Waals surface area contributed by atoms with Crippen LogP contribution in [-0.4, -0.2) is 12.0 Å². The van der Waals surface area contributed by atoms with Gasteiger partial charge in [0.25, 0.3) is 5.91 Å². The van der Waals surface area contributed by atoms with Crippen molar-refractivity contribution in [1.82, 2.24) is 0 Å². The summed E-state index contributed by atoms with van der Waals surface area (Å²) in [6, 6.07) is 12.8. The van der Waals surface area contributed by atoms with Crippen LogP contribution in [0.2, 0.25) is 5.02 Å². The summed E-state index contributed by atoms with van der Waals surface area (Å²) in [5.41, 5.74) is 1.53. The molecule has 0 fully saturated rings. The largest absolute Gasteiger partial charge is 0.481 e. The Hall–Kier alpha value is -1.52. The van der Waals surface area contributed by atoms with E-state index < -0.39 is 6.10 Å². The van der Waals surface area contributed by atoms with Crippen molar-refractivity contribution in [2.75, 3.05) is 5.32 Å². The molecular weight excluding hydrogens is 354 g/mol. The zero-order valence-corrected chi connectivity index (χ0v) is 14.0. The lowest BCUT2D eigenvalue weighted by molar-refractivity contribution is -0.122. The first-order valence-electron chi connectivity index (χ1n) is 6.45. The van der Waals surface area contributed by atoms with E-state index in [9.17, 15) is 4.79 Å². The summed E-state index contributed by atoms with van der Waals surface area (Å²) in [6.45, 7) is 3.56. The van der Waals surface area contributed by atoms with Crippen LogP contribution in [0.3, 0.4) is 0 Å². The third kappa shape index (κ3) is 4.22. The van der Waals surface area contributed by atoms with E-state index >= 15 is 0 Å². The number of hydrogen-bond acceptors (Lipinski definition) is 2.